The van der Waals surface area contributed by atoms with Gasteiger partial charge in [-0.2, -0.15) is 0 Å². The summed E-state index contributed by atoms with van der Waals surface area (Å²) in [4.78, 5) is 17.6. The van der Waals surface area contributed by atoms with Crippen molar-refractivity contribution in [2.24, 2.45) is 23.2 Å². The lowest BCUT2D eigenvalue weighted by Gasteiger charge is -2.53. The molecule has 3 heteroatoms. The first-order valence-corrected chi connectivity index (χ1v) is 12.5. The van der Waals surface area contributed by atoms with Gasteiger partial charge < -0.3 is 9.80 Å². The van der Waals surface area contributed by atoms with Crippen LogP contribution in [-0.4, -0.2) is 53.8 Å². The number of ketones is 1. The SMILES string of the molecule is CCC(=O)C1CC2(CCC(N3CCC(N4CCC(C(C)C)CC4)CC3)CC2)C1. The predicted molar refractivity (Wildman–Crippen MR) is 116 cm³/mol. The first kappa shape index (κ1) is 20.8. The Balaban J connectivity index is 1.17. The van der Waals surface area contributed by atoms with Crippen LogP contribution in [0.3, 0.4) is 0 Å². The number of Topliss-reactive ketones (excluding diaryl/α,β-unsaturated/α-hetero) is 1. The monoisotopic (exact) mass is 388 g/mol. The Kier molecular flexibility index (Phi) is 6.52. The standard InChI is InChI=1S/C25H44N2O/c1-4-24(28)21-17-25(18-21)11-5-22(6-12-25)27-15-9-23(10-16-27)26-13-7-20(8-14-26)19(2)3/h19-23H,4-18H2,1-3H3. The number of hydrogen-bond donors (Lipinski definition) is 0. The van der Waals surface area contributed by atoms with Crippen molar-refractivity contribution >= 4 is 5.78 Å². The molecule has 0 aromatic heterocycles. The molecule has 4 aliphatic rings. The molecule has 0 amide bonds. The van der Waals surface area contributed by atoms with Crippen LogP contribution < -0.4 is 0 Å². The summed E-state index contributed by atoms with van der Waals surface area (Å²) in [5, 5.41) is 0. The fourth-order valence-electron chi connectivity index (χ4n) is 7.06. The molecular weight excluding hydrogens is 344 g/mol. The van der Waals surface area contributed by atoms with Gasteiger partial charge >= 0.3 is 0 Å². The number of nitrogens with zero attached hydrogens (tertiary/aromatic N) is 2. The molecule has 2 saturated heterocycles. The minimum atomic E-state index is 0.414. The van der Waals surface area contributed by atoms with Gasteiger partial charge in [0.2, 0.25) is 0 Å². The van der Waals surface area contributed by atoms with Gasteiger partial charge in [0.05, 0.1) is 0 Å². The van der Waals surface area contributed by atoms with Crippen molar-refractivity contribution in [2.75, 3.05) is 26.2 Å². The number of piperidine rings is 2. The van der Waals surface area contributed by atoms with Crippen molar-refractivity contribution in [3.05, 3.63) is 0 Å². The van der Waals surface area contributed by atoms with Crippen molar-refractivity contribution in [3.8, 4) is 0 Å². The van der Waals surface area contributed by atoms with E-state index in [1.807, 2.05) is 6.92 Å². The summed E-state index contributed by atoms with van der Waals surface area (Å²) < 4.78 is 0. The molecule has 0 aromatic rings. The van der Waals surface area contributed by atoms with Crippen LogP contribution in [0.25, 0.3) is 0 Å². The highest BCUT2D eigenvalue weighted by atomic mass is 16.1. The summed E-state index contributed by atoms with van der Waals surface area (Å²) in [6.07, 6.45) is 14.3. The fourth-order valence-corrected chi connectivity index (χ4v) is 7.06. The Bertz CT molecular complexity index is 513. The zero-order valence-corrected chi connectivity index (χ0v) is 18.8. The van der Waals surface area contributed by atoms with E-state index in [-0.39, 0.29) is 0 Å². The second-order valence-electron chi connectivity index (χ2n) is 11.0. The van der Waals surface area contributed by atoms with Gasteiger partial charge in [-0.3, -0.25) is 4.79 Å². The van der Waals surface area contributed by atoms with Crippen molar-refractivity contribution < 1.29 is 4.79 Å². The third-order valence-electron chi connectivity index (χ3n) is 9.23. The molecule has 0 unspecified atom stereocenters. The van der Waals surface area contributed by atoms with Crippen LogP contribution in [0.2, 0.25) is 0 Å². The van der Waals surface area contributed by atoms with Gasteiger partial charge in [-0.05, 0) is 108 Å². The highest BCUT2D eigenvalue weighted by Gasteiger charge is 2.48. The molecule has 2 saturated carbocycles. The number of carbonyl (C=O) groups excluding carboxylic acids is 1. The Labute approximate surface area is 173 Å². The molecule has 2 heterocycles. The minimum absolute atomic E-state index is 0.414. The highest BCUT2D eigenvalue weighted by molar-refractivity contribution is 5.81. The lowest BCUT2D eigenvalue weighted by molar-refractivity contribution is -0.132. The maximum Gasteiger partial charge on any atom is 0.135 e. The van der Waals surface area contributed by atoms with Gasteiger partial charge in [0.25, 0.3) is 0 Å². The zero-order chi connectivity index (χ0) is 19.7. The molecule has 3 nitrogen and oxygen atoms in total. The fraction of sp³-hybridized carbons (Fsp3) is 0.960. The van der Waals surface area contributed by atoms with Crippen LogP contribution in [0, 0.1) is 23.2 Å². The van der Waals surface area contributed by atoms with E-state index in [9.17, 15) is 4.79 Å². The van der Waals surface area contributed by atoms with E-state index in [1.54, 1.807) is 0 Å². The molecule has 1 spiro atoms. The largest absolute Gasteiger partial charge is 0.300 e. The molecule has 2 aliphatic heterocycles. The molecule has 4 fully saturated rings. The van der Waals surface area contributed by atoms with Crippen molar-refractivity contribution in [2.45, 2.75) is 103 Å². The third-order valence-corrected chi connectivity index (χ3v) is 9.23. The molecular formula is C25H44N2O. The predicted octanol–water partition coefficient (Wildman–Crippen LogP) is 5.14. The van der Waals surface area contributed by atoms with E-state index < -0.39 is 0 Å². The van der Waals surface area contributed by atoms with Crippen molar-refractivity contribution in [1.29, 1.82) is 0 Å². The van der Waals surface area contributed by atoms with E-state index in [0.717, 1.165) is 30.3 Å². The second-order valence-corrected chi connectivity index (χ2v) is 11.0. The molecule has 0 aromatic carbocycles. The topological polar surface area (TPSA) is 23.6 Å². The molecule has 0 bridgehead atoms. The maximum absolute atomic E-state index is 11.9. The van der Waals surface area contributed by atoms with Crippen LogP contribution in [0.4, 0.5) is 0 Å². The normalized spacial score (nSPS) is 36.7. The molecule has 4 rings (SSSR count). The summed E-state index contributed by atoms with van der Waals surface area (Å²) in [5.41, 5.74) is 0.561. The molecule has 160 valence electrons. The molecule has 0 atom stereocenters. The second kappa shape index (κ2) is 8.76. The molecule has 0 radical (unpaired) electrons. The first-order valence-electron chi connectivity index (χ1n) is 12.5. The summed E-state index contributed by atoms with van der Waals surface area (Å²) in [5.74, 6) is 2.76. The van der Waals surface area contributed by atoms with Gasteiger partial charge in [0.15, 0.2) is 0 Å². The maximum atomic E-state index is 11.9. The van der Waals surface area contributed by atoms with Gasteiger partial charge in [-0.25, -0.2) is 0 Å². The van der Waals surface area contributed by atoms with Gasteiger partial charge in [0, 0.05) is 24.4 Å². The van der Waals surface area contributed by atoms with E-state index in [2.05, 4.69) is 23.6 Å². The van der Waals surface area contributed by atoms with Crippen molar-refractivity contribution in [3.63, 3.8) is 0 Å². The summed E-state index contributed by atoms with van der Waals surface area (Å²) in [7, 11) is 0. The van der Waals surface area contributed by atoms with Gasteiger partial charge in [-0.1, -0.05) is 20.8 Å². The Morgan fingerprint density at radius 1 is 0.857 bits per heavy atom. The molecule has 28 heavy (non-hydrogen) atoms. The van der Waals surface area contributed by atoms with Crippen LogP contribution in [0.15, 0.2) is 0 Å². The average molecular weight is 389 g/mol. The quantitative estimate of drug-likeness (QED) is 0.652. The smallest absolute Gasteiger partial charge is 0.135 e. The van der Waals surface area contributed by atoms with Gasteiger partial charge in [-0.15, -0.1) is 0 Å². The molecule has 2 aliphatic carbocycles. The number of hydrogen-bond acceptors (Lipinski definition) is 3. The Morgan fingerprint density at radius 2 is 1.36 bits per heavy atom. The van der Waals surface area contributed by atoms with Crippen LogP contribution in [0.5, 0.6) is 0 Å². The minimum Gasteiger partial charge on any atom is -0.300 e. The van der Waals surface area contributed by atoms with Crippen molar-refractivity contribution in [1.82, 2.24) is 9.80 Å². The van der Waals surface area contributed by atoms with E-state index in [0.29, 0.717) is 17.1 Å². The van der Waals surface area contributed by atoms with Crippen LogP contribution in [-0.2, 0) is 4.79 Å². The average Bonchev–Trinajstić information content (AvgIpc) is 2.72. The van der Waals surface area contributed by atoms with Gasteiger partial charge in [0.1, 0.15) is 5.78 Å². The summed E-state index contributed by atoms with van der Waals surface area (Å²) in [6, 6.07) is 1.69. The van der Waals surface area contributed by atoms with E-state index >= 15 is 0 Å². The Morgan fingerprint density at radius 3 is 1.86 bits per heavy atom. The lowest BCUT2D eigenvalue weighted by atomic mass is 9.54. The number of carbonyl (C=O) groups is 1. The van der Waals surface area contributed by atoms with Crippen LogP contribution in [0.1, 0.15) is 91.4 Å². The number of likely N-dealkylation sites (tertiary alicyclic amines) is 2. The van der Waals surface area contributed by atoms with E-state index in [1.165, 1.54) is 90.4 Å². The molecule has 0 N–H and O–H groups in total. The number of rotatable bonds is 5. The summed E-state index contributed by atoms with van der Waals surface area (Å²) in [6.45, 7) is 12.2. The Hall–Kier alpha value is -0.410. The zero-order valence-electron chi connectivity index (χ0n) is 18.8. The third kappa shape index (κ3) is 4.36. The lowest BCUT2D eigenvalue weighted by Crippen LogP contribution is -2.52. The first-order chi connectivity index (χ1) is 13.5. The van der Waals surface area contributed by atoms with E-state index in [4.69, 9.17) is 0 Å². The highest BCUT2D eigenvalue weighted by Crippen LogP contribution is 2.55. The van der Waals surface area contributed by atoms with Crippen LogP contribution >= 0.6 is 0 Å². The summed E-state index contributed by atoms with van der Waals surface area (Å²) >= 11 is 0.